The summed E-state index contributed by atoms with van der Waals surface area (Å²) in [4.78, 5) is 15.2. The third kappa shape index (κ3) is 1.39. The first kappa shape index (κ1) is 14.1. The fourth-order valence-electron chi connectivity index (χ4n) is 6.30. The van der Waals surface area contributed by atoms with Crippen molar-refractivity contribution in [3.8, 4) is 0 Å². The van der Waals surface area contributed by atoms with Gasteiger partial charge in [-0.05, 0) is 45.7 Å². The molecule has 2 saturated carbocycles. The van der Waals surface area contributed by atoms with Crippen LogP contribution in [-0.2, 0) is 4.79 Å². The molecule has 2 aliphatic carbocycles. The van der Waals surface area contributed by atoms with Crippen LogP contribution >= 0.6 is 0 Å². The zero-order chi connectivity index (χ0) is 15.0. The van der Waals surface area contributed by atoms with Crippen LogP contribution in [0.5, 0.6) is 0 Å². The first-order chi connectivity index (χ1) is 9.86. The van der Waals surface area contributed by atoms with Crippen LogP contribution in [0, 0.1) is 11.3 Å². The van der Waals surface area contributed by atoms with Crippen LogP contribution in [0.1, 0.15) is 45.4 Å². The quantitative estimate of drug-likeness (QED) is 0.589. The van der Waals surface area contributed by atoms with Crippen molar-refractivity contribution >= 4 is 5.78 Å². The van der Waals surface area contributed by atoms with Gasteiger partial charge in [0.15, 0.2) is 5.78 Å². The zero-order valence-corrected chi connectivity index (χ0v) is 12.6. The Hall–Kier alpha value is -0.490. The monoisotopic (exact) mass is 295 g/mol. The highest BCUT2D eigenvalue weighted by molar-refractivity contribution is 5.93. The molecule has 5 heteroatoms. The molecule has 0 aromatic rings. The number of Topliss-reactive ketones (excluding diaryl/α,β-unsaturated/α-hetero) is 1. The molecule has 0 aromatic heterocycles. The van der Waals surface area contributed by atoms with Gasteiger partial charge in [0.1, 0.15) is 0 Å². The van der Waals surface area contributed by atoms with Crippen LogP contribution < -0.4 is 0 Å². The summed E-state index contributed by atoms with van der Waals surface area (Å²) in [6, 6.07) is 0. The largest absolute Gasteiger partial charge is 0.392 e. The minimum Gasteiger partial charge on any atom is -0.392 e. The van der Waals surface area contributed by atoms with Crippen LogP contribution in [0.3, 0.4) is 0 Å². The molecule has 118 valence electrons. The van der Waals surface area contributed by atoms with Gasteiger partial charge >= 0.3 is 0 Å². The standard InChI is InChI=1S/C16H25NO4/c1-14(21)9-12(19)15-4-2-6-17-7-3-5-16(15,17)11(18)8-10(15)13(14)20/h10,12-13,19-21H,2-9H2,1H3/t10-,12+,13-,14-,15-,16+/m1/s1. The van der Waals surface area contributed by atoms with Gasteiger partial charge in [-0.15, -0.1) is 0 Å². The number of nitrogens with zero attached hydrogens (tertiary/aromatic N) is 1. The van der Waals surface area contributed by atoms with Gasteiger partial charge in [-0.25, -0.2) is 0 Å². The molecule has 0 bridgehead atoms. The van der Waals surface area contributed by atoms with Gasteiger partial charge in [-0.1, -0.05) is 0 Å². The molecule has 21 heavy (non-hydrogen) atoms. The molecule has 0 amide bonds. The molecule has 0 unspecified atom stereocenters. The molecule has 2 heterocycles. The van der Waals surface area contributed by atoms with E-state index in [4.69, 9.17) is 0 Å². The van der Waals surface area contributed by atoms with E-state index in [2.05, 4.69) is 4.90 Å². The highest BCUT2D eigenvalue weighted by Gasteiger charge is 2.75. The highest BCUT2D eigenvalue weighted by atomic mass is 16.3. The number of hydrogen-bond donors (Lipinski definition) is 3. The van der Waals surface area contributed by atoms with Crippen LogP contribution in [0.2, 0.25) is 0 Å². The van der Waals surface area contributed by atoms with E-state index >= 15 is 0 Å². The molecule has 4 rings (SSSR count). The van der Waals surface area contributed by atoms with Crippen LogP contribution in [-0.4, -0.2) is 62.4 Å². The van der Waals surface area contributed by atoms with E-state index in [0.29, 0.717) is 6.42 Å². The lowest BCUT2D eigenvalue weighted by Crippen LogP contribution is -2.71. The van der Waals surface area contributed by atoms with Gasteiger partial charge in [0.25, 0.3) is 0 Å². The number of hydrogen-bond acceptors (Lipinski definition) is 5. The second kappa shape index (κ2) is 4.07. The van der Waals surface area contributed by atoms with Gasteiger partial charge in [0.2, 0.25) is 0 Å². The van der Waals surface area contributed by atoms with Crippen molar-refractivity contribution in [2.45, 2.75) is 68.8 Å². The number of carbonyl (C=O) groups excluding carboxylic acids is 1. The van der Waals surface area contributed by atoms with Crippen LogP contribution in [0.15, 0.2) is 0 Å². The van der Waals surface area contributed by atoms with Crippen molar-refractivity contribution in [2.24, 2.45) is 11.3 Å². The maximum Gasteiger partial charge on any atom is 0.154 e. The highest BCUT2D eigenvalue weighted by Crippen LogP contribution is 2.66. The maximum absolute atomic E-state index is 12.9. The van der Waals surface area contributed by atoms with E-state index in [1.54, 1.807) is 6.92 Å². The summed E-state index contributed by atoms with van der Waals surface area (Å²) in [5.74, 6) is -0.134. The first-order valence-electron chi connectivity index (χ1n) is 8.23. The molecule has 2 spiro atoms. The van der Waals surface area contributed by atoms with E-state index in [0.717, 1.165) is 38.8 Å². The second-order valence-corrected chi connectivity index (χ2v) is 7.85. The molecule has 0 aromatic carbocycles. The molecule has 6 atom stereocenters. The number of ketones is 1. The minimum atomic E-state index is -1.30. The van der Waals surface area contributed by atoms with Crippen molar-refractivity contribution < 1.29 is 20.1 Å². The fraction of sp³-hybridized carbons (Fsp3) is 0.938. The van der Waals surface area contributed by atoms with Gasteiger partial charge in [-0.3, -0.25) is 9.69 Å². The van der Waals surface area contributed by atoms with E-state index in [1.807, 2.05) is 0 Å². The zero-order valence-electron chi connectivity index (χ0n) is 12.6. The predicted molar refractivity (Wildman–Crippen MR) is 75.6 cm³/mol. The van der Waals surface area contributed by atoms with Gasteiger partial charge < -0.3 is 15.3 Å². The Morgan fingerprint density at radius 3 is 2.57 bits per heavy atom. The third-order valence-electron chi connectivity index (χ3n) is 7.04. The summed E-state index contributed by atoms with van der Waals surface area (Å²) < 4.78 is 0. The Morgan fingerprint density at radius 1 is 1.19 bits per heavy atom. The Kier molecular flexibility index (Phi) is 2.74. The number of aliphatic hydroxyl groups is 3. The average molecular weight is 295 g/mol. The minimum absolute atomic E-state index is 0.160. The van der Waals surface area contributed by atoms with Gasteiger partial charge in [0.05, 0.1) is 23.3 Å². The molecular formula is C16H25NO4. The lowest BCUT2D eigenvalue weighted by atomic mass is 9.52. The number of piperidine rings is 1. The summed E-state index contributed by atoms with van der Waals surface area (Å²) in [6.07, 6.45) is 2.34. The van der Waals surface area contributed by atoms with Gasteiger partial charge in [-0.2, -0.15) is 0 Å². The third-order valence-corrected chi connectivity index (χ3v) is 7.04. The molecule has 4 fully saturated rings. The summed E-state index contributed by atoms with van der Waals surface area (Å²) in [7, 11) is 0. The maximum atomic E-state index is 12.9. The first-order valence-corrected chi connectivity index (χ1v) is 8.23. The van der Waals surface area contributed by atoms with E-state index in [9.17, 15) is 20.1 Å². The normalized spacial score (nSPS) is 57.0. The SMILES string of the molecule is C[C@@]1(O)C[C@H](O)[C@]23CCCN4CCC[C@@]42C(=O)C[C@@H]3[C@H]1O. The van der Waals surface area contributed by atoms with E-state index < -0.39 is 28.8 Å². The molecule has 5 nitrogen and oxygen atoms in total. The Labute approximate surface area is 124 Å². The predicted octanol–water partition coefficient (Wildman–Crippen LogP) is 0.0667. The van der Waals surface area contributed by atoms with Crippen molar-refractivity contribution in [3.63, 3.8) is 0 Å². The Morgan fingerprint density at radius 2 is 1.86 bits per heavy atom. The molecule has 2 aliphatic heterocycles. The second-order valence-electron chi connectivity index (χ2n) is 7.85. The lowest BCUT2D eigenvalue weighted by Gasteiger charge is -2.60. The smallest absolute Gasteiger partial charge is 0.154 e. The van der Waals surface area contributed by atoms with Gasteiger partial charge in [0, 0.05) is 24.2 Å². The summed E-state index contributed by atoms with van der Waals surface area (Å²) in [6.45, 7) is 3.41. The fourth-order valence-corrected chi connectivity index (χ4v) is 6.30. The molecule has 0 radical (unpaired) electrons. The van der Waals surface area contributed by atoms with Crippen molar-refractivity contribution in [1.29, 1.82) is 0 Å². The number of aliphatic hydroxyl groups excluding tert-OH is 2. The lowest BCUT2D eigenvalue weighted by molar-refractivity contribution is -0.229. The van der Waals surface area contributed by atoms with E-state index in [1.165, 1.54) is 0 Å². The number of rotatable bonds is 0. The van der Waals surface area contributed by atoms with E-state index in [-0.39, 0.29) is 18.1 Å². The van der Waals surface area contributed by atoms with Crippen molar-refractivity contribution in [1.82, 2.24) is 4.90 Å². The molecule has 4 aliphatic rings. The average Bonchev–Trinajstić information content (AvgIpc) is 2.96. The van der Waals surface area contributed by atoms with Crippen LogP contribution in [0.4, 0.5) is 0 Å². The summed E-state index contributed by atoms with van der Waals surface area (Å²) in [5.41, 5.74) is -2.44. The summed E-state index contributed by atoms with van der Waals surface area (Å²) >= 11 is 0. The Bertz CT molecular complexity index is 493. The van der Waals surface area contributed by atoms with Crippen molar-refractivity contribution in [3.05, 3.63) is 0 Å². The van der Waals surface area contributed by atoms with Crippen LogP contribution in [0.25, 0.3) is 0 Å². The summed E-state index contributed by atoms with van der Waals surface area (Å²) in [5, 5.41) is 32.0. The molecule has 3 N–H and O–H groups in total. The van der Waals surface area contributed by atoms with Crippen molar-refractivity contribution in [2.75, 3.05) is 13.1 Å². The topological polar surface area (TPSA) is 81.0 Å². The molecular weight excluding hydrogens is 270 g/mol. The molecule has 2 saturated heterocycles. The number of carbonyl (C=O) groups is 1. The Balaban J connectivity index is 1.89.